The fourth-order valence-corrected chi connectivity index (χ4v) is 4.47. The van der Waals surface area contributed by atoms with Crippen LogP contribution < -0.4 is 10.6 Å². The molecule has 160 valence electrons. The minimum atomic E-state index is -0.340. The number of carbonyl (C=O) groups is 2. The quantitative estimate of drug-likeness (QED) is 0.337. The van der Waals surface area contributed by atoms with Gasteiger partial charge in [-0.3, -0.25) is 9.59 Å². The Morgan fingerprint density at radius 3 is 2.39 bits per heavy atom. The highest BCUT2D eigenvalue weighted by molar-refractivity contribution is 8.00. The van der Waals surface area contributed by atoms with Gasteiger partial charge in [0.05, 0.1) is 26.5 Å². The zero-order valence-corrected chi connectivity index (χ0v) is 19.6. The van der Waals surface area contributed by atoms with Crippen molar-refractivity contribution < 1.29 is 9.59 Å². The SMILES string of the molecule is CCC(Sc1cccc(NC(=O)c2ccc(Cl)cc2Cl)c1)C(=O)Nc1ccccc1Cl. The molecule has 0 spiro atoms. The van der Waals surface area contributed by atoms with Crippen molar-refractivity contribution in [3.8, 4) is 0 Å². The lowest BCUT2D eigenvalue weighted by atomic mass is 10.2. The largest absolute Gasteiger partial charge is 0.324 e. The smallest absolute Gasteiger partial charge is 0.257 e. The van der Waals surface area contributed by atoms with Crippen LogP contribution in [0.15, 0.2) is 71.6 Å². The van der Waals surface area contributed by atoms with E-state index in [2.05, 4.69) is 10.6 Å². The third kappa shape index (κ3) is 6.40. The molecule has 0 radical (unpaired) electrons. The molecule has 2 N–H and O–H groups in total. The van der Waals surface area contributed by atoms with E-state index in [-0.39, 0.29) is 22.1 Å². The van der Waals surface area contributed by atoms with Crippen LogP contribution in [0.2, 0.25) is 15.1 Å². The van der Waals surface area contributed by atoms with Gasteiger partial charge in [-0.25, -0.2) is 0 Å². The van der Waals surface area contributed by atoms with E-state index in [1.54, 1.807) is 36.4 Å². The number of amides is 2. The molecular weight excluding hydrogens is 475 g/mol. The van der Waals surface area contributed by atoms with Crippen molar-refractivity contribution in [2.45, 2.75) is 23.5 Å². The lowest BCUT2D eigenvalue weighted by molar-refractivity contribution is -0.115. The van der Waals surface area contributed by atoms with Gasteiger partial charge >= 0.3 is 0 Å². The van der Waals surface area contributed by atoms with E-state index in [1.165, 1.54) is 17.8 Å². The van der Waals surface area contributed by atoms with Gasteiger partial charge in [-0.05, 0) is 55.0 Å². The molecule has 0 aliphatic rings. The first-order valence-corrected chi connectivity index (χ1v) is 11.5. The minimum absolute atomic E-state index is 0.136. The third-order valence-electron chi connectivity index (χ3n) is 4.34. The van der Waals surface area contributed by atoms with E-state index in [0.29, 0.717) is 33.4 Å². The Kier molecular flexibility index (Phi) is 8.27. The second-order valence-corrected chi connectivity index (χ2v) is 9.12. The first-order chi connectivity index (χ1) is 14.9. The highest BCUT2D eigenvalue weighted by Crippen LogP contribution is 2.30. The molecule has 0 heterocycles. The number of carbonyl (C=O) groups excluding carboxylic acids is 2. The number of halogens is 3. The minimum Gasteiger partial charge on any atom is -0.324 e. The molecule has 0 bridgehead atoms. The number of hydrogen-bond donors (Lipinski definition) is 2. The van der Waals surface area contributed by atoms with Gasteiger partial charge in [-0.2, -0.15) is 0 Å². The lowest BCUT2D eigenvalue weighted by Crippen LogP contribution is -2.24. The highest BCUT2D eigenvalue weighted by atomic mass is 35.5. The van der Waals surface area contributed by atoms with Gasteiger partial charge in [0.1, 0.15) is 0 Å². The monoisotopic (exact) mass is 492 g/mol. The number of thioether (sulfide) groups is 1. The third-order valence-corrected chi connectivity index (χ3v) is 6.58. The van der Waals surface area contributed by atoms with Crippen molar-refractivity contribution in [2.24, 2.45) is 0 Å². The molecule has 3 aromatic rings. The van der Waals surface area contributed by atoms with E-state index < -0.39 is 0 Å². The number of anilines is 2. The summed E-state index contributed by atoms with van der Waals surface area (Å²) >= 11 is 19.6. The van der Waals surface area contributed by atoms with Crippen LogP contribution in [0.4, 0.5) is 11.4 Å². The van der Waals surface area contributed by atoms with Gasteiger partial charge in [0.25, 0.3) is 5.91 Å². The summed E-state index contributed by atoms with van der Waals surface area (Å²) in [7, 11) is 0. The summed E-state index contributed by atoms with van der Waals surface area (Å²) in [6, 6.07) is 19.1. The van der Waals surface area contributed by atoms with Crippen LogP contribution in [0.1, 0.15) is 23.7 Å². The molecule has 3 aromatic carbocycles. The molecule has 4 nitrogen and oxygen atoms in total. The molecular formula is C23H19Cl3N2O2S. The topological polar surface area (TPSA) is 58.2 Å². The van der Waals surface area contributed by atoms with Gasteiger partial charge in [-0.1, -0.05) is 59.9 Å². The fraction of sp³-hybridized carbons (Fsp3) is 0.130. The van der Waals surface area contributed by atoms with E-state index in [4.69, 9.17) is 34.8 Å². The van der Waals surface area contributed by atoms with E-state index in [9.17, 15) is 9.59 Å². The summed E-state index contributed by atoms with van der Waals surface area (Å²) in [6.07, 6.45) is 0.623. The Balaban J connectivity index is 1.69. The summed E-state index contributed by atoms with van der Waals surface area (Å²) in [4.78, 5) is 26.1. The number of benzene rings is 3. The van der Waals surface area contributed by atoms with Crippen molar-refractivity contribution in [2.75, 3.05) is 10.6 Å². The summed E-state index contributed by atoms with van der Waals surface area (Å²) in [6.45, 7) is 1.94. The molecule has 0 saturated carbocycles. The maximum Gasteiger partial charge on any atom is 0.257 e. The Morgan fingerprint density at radius 2 is 1.68 bits per heavy atom. The Bertz CT molecular complexity index is 1110. The van der Waals surface area contributed by atoms with Gasteiger partial charge in [-0.15, -0.1) is 11.8 Å². The van der Waals surface area contributed by atoms with Crippen LogP contribution in [-0.2, 0) is 4.79 Å². The fourth-order valence-electron chi connectivity index (χ4n) is 2.78. The molecule has 0 aromatic heterocycles. The van der Waals surface area contributed by atoms with Gasteiger partial charge in [0.2, 0.25) is 5.91 Å². The van der Waals surface area contributed by atoms with Crippen LogP contribution in [0, 0.1) is 0 Å². The van der Waals surface area contributed by atoms with Crippen LogP contribution in [0.3, 0.4) is 0 Å². The van der Waals surface area contributed by atoms with Gasteiger partial charge in [0, 0.05) is 15.6 Å². The number of hydrogen-bond acceptors (Lipinski definition) is 3. The molecule has 1 atom stereocenters. The second-order valence-electron chi connectivity index (χ2n) is 6.59. The maximum absolute atomic E-state index is 12.7. The Labute approximate surface area is 200 Å². The first kappa shape index (κ1) is 23.5. The summed E-state index contributed by atoms with van der Waals surface area (Å²) in [5.74, 6) is -0.477. The molecule has 0 fully saturated rings. The molecule has 0 saturated heterocycles. The molecule has 1 unspecified atom stereocenters. The predicted octanol–water partition coefficient (Wildman–Crippen LogP) is 7.41. The summed E-state index contributed by atoms with van der Waals surface area (Å²) in [5.41, 5.74) is 1.51. The van der Waals surface area contributed by atoms with Crippen molar-refractivity contribution >= 4 is 69.8 Å². The summed E-state index contributed by atoms with van der Waals surface area (Å²) < 4.78 is 0. The van der Waals surface area contributed by atoms with Gasteiger partial charge < -0.3 is 10.6 Å². The Hall–Kier alpha value is -2.18. The molecule has 0 aliphatic heterocycles. The highest BCUT2D eigenvalue weighted by Gasteiger charge is 2.19. The molecule has 8 heteroatoms. The van der Waals surface area contributed by atoms with Crippen LogP contribution in [0.25, 0.3) is 0 Å². The lowest BCUT2D eigenvalue weighted by Gasteiger charge is -2.16. The van der Waals surface area contributed by atoms with Crippen LogP contribution >= 0.6 is 46.6 Å². The van der Waals surface area contributed by atoms with Crippen LogP contribution in [-0.4, -0.2) is 17.1 Å². The van der Waals surface area contributed by atoms with Crippen molar-refractivity contribution in [1.82, 2.24) is 0 Å². The van der Waals surface area contributed by atoms with Gasteiger partial charge in [0.15, 0.2) is 0 Å². The summed E-state index contributed by atoms with van der Waals surface area (Å²) in [5, 5.41) is 6.60. The van der Waals surface area contributed by atoms with Crippen LogP contribution in [0.5, 0.6) is 0 Å². The number of nitrogens with one attached hydrogen (secondary N) is 2. The molecule has 2 amide bonds. The number of rotatable bonds is 7. The van der Waals surface area contributed by atoms with Crippen molar-refractivity contribution in [3.05, 3.63) is 87.4 Å². The second kappa shape index (κ2) is 10.9. The molecule has 0 aliphatic carbocycles. The van der Waals surface area contributed by atoms with E-state index in [1.807, 2.05) is 31.2 Å². The standard InChI is InChI=1S/C23H19Cl3N2O2S/c1-2-21(23(30)28-20-9-4-3-8-18(20)25)31-16-7-5-6-15(13-16)27-22(29)17-11-10-14(24)12-19(17)26/h3-13,21H,2H2,1H3,(H,27,29)(H,28,30). The first-order valence-electron chi connectivity index (χ1n) is 9.46. The zero-order valence-electron chi connectivity index (χ0n) is 16.5. The van der Waals surface area contributed by atoms with Crippen molar-refractivity contribution in [3.63, 3.8) is 0 Å². The normalized spacial score (nSPS) is 11.6. The average Bonchev–Trinajstić information content (AvgIpc) is 2.73. The predicted molar refractivity (Wildman–Crippen MR) is 131 cm³/mol. The van der Waals surface area contributed by atoms with E-state index >= 15 is 0 Å². The molecule has 3 rings (SSSR count). The van der Waals surface area contributed by atoms with Crippen molar-refractivity contribution in [1.29, 1.82) is 0 Å². The Morgan fingerprint density at radius 1 is 0.903 bits per heavy atom. The van der Waals surface area contributed by atoms with E-state index in [0.717, 1.165) is 4.90 Å². The maximum atomic E-state index is 12.7. The average molecular weight is 494 g/mol. The zero-order chi connectivity index (χ0) is 22.4. The number of para-hydroxylation sites is 1. The molecule has 31 heavy (non-hydrogen) atoms.